The van der Waals surface area contributed by atoms with Gasteiger partial charge in [0.2, 0.25) is 17.1 Å². The van der Waals surface area contributed by atoms with Gasteiger partial charge < -0.3 is 10.2 Å². The van der Waals surface area contributed by atoms with E-state index in [-0.39, 0.29) is 11.8 Å². The zero-order valence-corrected chi connectivity index (χ0v) is 15.7. The molecule has 0 aliphatic carbocycles. The molecule has 26 heavy (non-hydrogen) atoms. The maximum atomic E-state index is 12.5. The van der Waals surface area contributed by atoms with Crippen molar-refractivity contribution in [2.75, 3.05) is 29.9 Å². The molecular weight excluding hydrogens is 352 g/mol. The average Bonchev–Trinajstić information content (AvgIpc) is 2.88. The van der Waals surface area contributed by atoms with Crippen molar-refractivity contribution in [2.45, 2.75) is 25.9 Å². The van der Waals surface area contributed by atoms with Crippen LogP contribution in [0.3, 0.4) is 0 Å². The topological polar surface area (TPSA) is 91.3 Å². The summed E-state index contributed by atoms with van der Waals surface area (Å²) < 4.78 is 1.10. The molecule has 0 spiro atoms. The number of fused-ring (bicyclic) bond motifs is 1. The second-order valence-corrected chi connectivity index (χ2v) is 6.40. The molecule has 0 bridgehead atoms. The van der Waals surface area contributed by atoms with Gasteiger partial charge in [0.15, 0.2) is 0 Å². The Morgan fingerprint density at radius 3 is 2.15 bits per heavy atom. The molecule has 2 heterocycles. The molecule has 8 nitrogen and oxygen atoms in total. The molecule has 0 saturated carbocycles. The molecule has 1 aliphatic heterocycles. The lowest BCUT2D eigenvalue weighted by molar-refractivity contribution is 0.0776. The minimum absolute atomic E-state index is 0.298. The van der Waals surface area contributed by atoms with Crippen molar-refractivity contribution < 1.29 is 9.59 Å². The Morgan fingerprint density at radius 2 is 1.62 bits per heavy atom. The van der Waals surface area contributed by atoms with Crippen molar-refractivity contribution in [3.05, 3.63) is 35.4 Å². The third kappa shape index (κ3) is 3.34. The largest absolute Gasteiger partial charge is 0.354 e. The smallest absolute Gasteiger partial charge is 0.272 e. The predicted octanol–water partition coefficient (Wildman–Crippen LogP) is 2.45. The number of carbonyl (C=O) groups is 2. The Bertz CT molecular complexity index is 805. The van der Waals surface area contributed by atoms with Crippen LogP contribution in [0.25, 0.3) is 0 Å². The van der Waals surface area contributed by atoms with Crippen molar-refractivity contribution in [3.8, 4) is 0 Å². The minimum atomic E-state index is -0.356. The highest BCUT2D eigenvalue weighted by molar-refractivity contribution is 7.98. The van der Waals surface area contributed by atoms with Crippen LogP contribution in [0.1, 0.15) is 41.5 Å². The normalized spacial score (nSPS) is 13.1. The first-order chi connectivity index (χ1) is 12.6. The first kappa shape index (κ1) is 18.1. The number of rotatable bonds is 7. The molecule has 0 radical (unpaired) electrons. The van der Waals surface area contributed by atoms with E-state index in [1.165, 1.54) is 0 Å². The maximum absolute atomic E-state index is 12.5. The Kier molecular flexibility index (Phi) is 5.36. The Morgan fingerprint density at radius 1 is 1.00 bits per heavy atom. The van der Waals surface area contributed by atoms with Gasteiger partial charge in [0.25, 0.3) is 11.8 Å². The first-order valence-electron chi connectivity index (χ1n) is 8.49. The van der Waals surface area contributed by atoms with Crippen LogP contribution in [0.4, 0.5) is 11.9 Å². The van der Waals surface area contributed by atoms with Gasteiger partial charge in [-0.15, -0.1) is 0 Å². The number of aromatic nitrogens is 3. The van der Waals surface area contributed by atoms with Crippen LogP contribution < -0.4 is 10.2 Å². The van der Waals surface area contributed by atoms with Crippen LogP contribution in [0.5, 0.6) is 0 Å². The fraction of sp³-hybridized carbons (Fsp3) is 0.353. The molecule has 136 valence electrons. The van der Waals surface area contributed by atoms with E-state index in [2.05, 4.69) is 20.3 Å². The van der Waals surface area contributed by atoms with Gasteiger partial charge in [-0.3, -0.25) is 9.59 Å². The molecular formula is C17H20N6O2S. The summed E-state index contributed by atoms with van der Waals surface area (Å²) in [5.74, 6) is 0.222. The highest BCUT2D eigenvalue weighted by Crippen LogP contribution is 2.32. The number of nitrogens with one attached hydrogen (secondary N) is 1. The first-order valence-corrected chi connectivity index (χ1v) is 9.27. The van der Waals surface area contributed by atoms with Crippen molar-refractivity contribution in [2.24, 2.45) is 0 Å². The van der Waals surface area contributed by atoms with E-state index in [0.29, 0.717) is 34.7 Å². The number of imide groups is 1. The van der Waals surface area contributed by atoms with Crippen LogP contribution >= 0.6 is 11.9 Å². The predicted molar refractivity (Wildman–Crippen MR) is 100 cm³/mol. The van der Waals surface area contributed by atoms with E-state index in [0.717, 1.165) is 29.3 Å². The molecule has 0 atom stereocenters. The lowest BCUT2D eigenvalue weighted by Gasteiger charge is -2.20. The maximum Gasteiger partial charge on any atom is 0.272 e. The number of amides is 2. The van der Waals surface area contributed by atoms with Crippen molar-refractivity contribution in [3.63, 3.8) is 0 Å². The second kappa shape index (κ2) is 7.69. The number of hydrogen-bond donors (Lipinski definition) is 1. The summed E-state index contributed by atoms with van der Waals surface area (Å²) in [6.45, 7) is 8.09. The van der Waals surface area contributed by atoms with Crippen molar-refractivity contribution >= 4 is 35.7 Å². The minimum Gasteiger partial charge on any atom is -0.354 e. The highest BCUT2D eigenvalue weighted by Gasteiger charge is 2.37. The number of carbonyl (C=O) groups excluding carboxylic acids is 2. The van der Waals surface area contributed by atoms with E-state index < -0.39 is 0 Å². The number of nitrogens with zero attached hydrogens (tertiary/aromatic N) is 5. The molecule has 0 unspecified atom stereocenters. The Labute approximate surface area is 156 Å². The molecule has 2 amide bonds. The van der Waals surface area contributed by atoms with E-state index >= 15 is 0 Å². The Hall–Kier alpha value is -2.68. The molecule has 1 aromatic carbocycles. The van der Waals surface area contributed by atoms with Crippen LogP contribution in [-0.4, -0.2) is 50.7 Å². The lowest BCUT2D eigenvalue weighted by Crippen LogP contribution is -2.26. The van der Waals surface area contributed by atoms with Gasteiger partial charge in [0.1, 0.15) is 0 Å². The van der Waals surface area contributed by atoms with Crippen molar-refractivity contribution in [1.82, 2.24) is 19.3 Å². The zero-order chi connectivity index (χ0) is 18.7. The third-order valence-electron chi connectivity index (χ3n) is 3.91. The Balaban J connectivity index is 1.92. The monoisotopic (exact) mass is 372 g/mol. The van der Waals surface area contributed by atoms with E-state index in [1.807, 2.05) is 25.7 Å². The number of anilines is 2. The second-order valence-electron chi connectivity index (χ2n) is 5.49. The van der Waals surface area contributed by atoms with Crippen LogP contribution in [-0.2, 0) is 0 Å². The zero-order valence-electron chi connectivity index (χ0n) is 14.9. The molecule has 1 aliphatic rings. The van der Waals surface area contributed by atoms with Crippen LogP contribution in [0.2, 0.25) is 0 Å². The molecule has 0 fully saturated rings. The highest BCUT2D eigenvalue weighted by atomic mass is 32.2. The fourth-order valence-corrected chi connectivity index (χ4v) is 3.38. The average molecular weight is 372 g/mol. The van der Waals surface area contributed by atoms with E-state index in [9.17, 15) is 9.59 Å². The summed E-state index contributed by atoms with van der Waals surface area (Å²) in [7, 11) is 0. The molecule has 1 N–H and O–H groups in total. The molecule has 2 aromatic rings. The van der Waals surface area contributed by atoms with Crippen LogP contribution in [0.15, 0.2) is 29.4 Å². The molecule has 3 rings (SSSR count). The molecule has 1 aromatic heterocycles. The van der Waals surface area contributed by atoms with Gasteiger partial charge in [0.05, 0.1) is 11.1 Å². The molecule has 9 heteroatoms. The van der Waals surface area contributed by atoms with Gasteiger partial charge in [0, 0.05) is 31.6 Å². The standard InChI is InChI=1S/C17H20N6O2S/c1-4-18-15-19-16(22(5-2)6-3)21-17(20-15)26-23-13(24)11-9-7-8-10-12(11)14(23)25/h7-10H,4-6H2,1-3H3,(H,18,19,20,21). The van der Waals surface area contributed by atoms with Gasteiger partial charge in [-0.25, -0.2) is 4.31 Å². The van der Waals surface area contributed by atoms with Crippen molar-refractivity contribution in [1.29, 1.82) is 0 Å². The van der Waals surface area contributed by atoms with Crippen LogP contribution in [0, 0.1) is 0 Å². The SMILES string of the molecule is CCNc1nc(SN2C(=O)c3ccccc3C2=O)nc(N(CC)CC)n1. The van der Waals surface area contributed by atoms with Gasteiger partial charge >= 0.3 is 0 Å². The summed E-state index contributed by atoms with van der Waals surface area (Å²) in [6.07, 6.45) is 0. The quantitative estimate of drug-likeness (QED) is 0.585. The van der Waals surface area contributed by atoms with Gasteiger partial charge in [-0.2, -0.15) is 15.0 Å². The third-order valence-corrected chi connectivity index (χ3v) is 4.77. The fourth-order valence-electron chi connectivity index (χ4n) is 2.60. The van der Waals surface area contributed by atoms with Gasteiger partial charge in [-0.05, 0) is 32.9 Å². The number of hydrogen-bond acceptors (Lipinski definition) is 8. The lowest BCUT2D eigenvalue weighted by atomic mass is 10.1. The number of benzene rings is 1. The van der Waals surface area contributed by atoms with Gasteiger partial charge in [-0.1, -0.05) is 12.1 Å². The summed E-state index contributed by atoms with van der Waals surface area (Å²) in [5.41, 5.74) is 0.796. The summed E-state index contributed by atoms with van der Waals surface area (Å²) in [5, 5.41) is 3.36. The van der Waals surface area contributed by atoms with E-state index in [1.54, 1.807) is 24.3 Å². The molecule has 0 saturated heterocycles. The van der Waals surface area contributed by atoms with E-state index in [4.69, 9.17) is 0 Å². The summed E-state index contributed by atoms with van der Waals surface area (Å²) in [6, 6.07) is 6.77. The summed E-state index contributed by atoms with van der Waals surface area (Å²) >= 11 is 0.922. The summed E-state index contributed by atoms with van der Waals surface area (Å²) in [4.78, 5) is 40.2.